The van der Waals surface area contributed by atoms with Crippen LogP contribution in [-0.2, 0) is 21.2 Å². The highest BCUT2D eigenvalue weighted by atomic mass is 16.4. The lowest BCUT2D eigenvalue weighted by molar-refractivity contribution is -0.155. The van der Waals surface area contributed by atoms with Gasteiger partial charge in [-0.15, -0.1) is 0 Å². The Kier molecular flexibility index (Phi) is 4.84. The van der Waals surface area contributed by atoms with Crippen LogP contribution < -0.4 is 0 Å². The first-order valence-corrected chi connectivity index (χ1v) is 8.54. The summed E-state index contributed by atoms with van der Waals surface area (Å²) in [5, 5.41) is 20.8. The van der Waals surface area contributed by atoms with Crippen LogP contribution in [0.4, 0.5) is 0 Å². The Hall–Kier alpha value is -2.13. The standard InChI is InChI=1S/C22H28O3/c1-20(2,3)15-7-11-17(12-8-15)22(25,19(23)24)18-13-9-16(10-14-18)21(4,5)6/h7-14,25H,1-6H3,(H,23,24). The van der Waals surface area contributed by atoms with E-state index in [1.807, 2.05) is 24.3 Å². The van der Waals surface area contributed by atoms with Crippen molar-refractivity contribution in [3.05, 3.63) is 70.8 Å². The average molecular weight is 340 g/mol. The summed E-state index contributed by atoms with van der Waals surface area (Å²) >= 11 is 0. The van der Waals surface area contributed by atoms with Crippen molar-refractivity contribution in [2.75, 3.05) is 0 Å². The van der Waals surface area contributed by atoms with Gasteiger partial charge in [-0.1, -0.05) is 90.1 Å². The number of carbonyl (C=O) groups is 1. The topological polar surface area (TPSA) is 57.5 Å². The van der Waals surface area contributed by atoms with Gasteiger partial charge in [-0.25, -0.2) is 4.79 Å². The highest BCUT2D eigenvalue weighted by Crippen LogP contribution is 2.33. The molecule has 25 heavy (non-hydrogen) atoms. The van der Waals surface area contributed by atoms with Crippen molar-refractivity contribution in [1.29, 1.82) is 0 Å². The zero-order valence-electron chi connectivity index (χ0n) is 15.9. The van der Waals surface area contributed by atoms with E-state index in [1.54, 1.807) is 24.3 Å². The molecule has 0 spiro atoms. The molecular weight excluding hydrogens is 312 g/mol. The Morgan fingerprint density at radius 2 is 0.880 bits per heavy atom. The van der Waals surface area contributed by atoms with Crippen molar-refractivity contribution in [2.24, 2.45) is 0 Å². The molecule has 2 aromatic carbocycles. The van der Waals surface area contributed by atoms with Gasteiger partial charge in [0.1, 0.15) is 0 Å². The number of carboxylic acids is 1. The molecule has 0 bridgehead atoms. The van der Waals surface area contributed by atoms with Gasteiger partial charge in [0.2, 0.25) is 5.60 Å². The lowest BCUT2D eigenvalue weighted by Gasteiger charge is -2.27. The van der Waals surface area contributed by atoms with Crippen molar-refractivity contribution in [1.82, 2.24) is 0 Å². The van der Waals surface area contributed by atoms with Crippen LogP contribution in [0.15, 0.2) is 48.5 Å². The highest BCUT2D eigenvalue weighted by molar-refractivity contribution is 5.83. The van der Waals surface area contributed by atoms with Gasteiger partial charge in [0.05, 0.1) is 0 Å². The summed E-state index contributed by atoms with van der Waals surface area (Å²) in [5.74, 6) is -1.28. The summed E-state index contributed by atoms with van der Waals surface area (Å²) in [6.45, 7) is 12.6. The van der Waals surface area contributed by atoms with Crippen molar-refractivity contribution in [3.63, 3.8) is 0 Å². The second-order valence-electron chi connectivity index (χ2n) is 8.67. The van der Waals surface area contributed by atoms with Crippen molar-refractivity contribution in [3.8, 4) is 0 Å². The number of benzene rings is 2. The third-order valence-corrected chi connectivity index (χ3v) is 4.65. The van der Waals surface area contributed by atoms with E-state index in [9.17, 15) is 15.0 Å². The Morgan fingerprint density at radius 1 is 0.640 bits per heavy atom. The van der Waals surface area contributed by atoms with E-state index in [0.717, 1.165) is 11.1 Å². The third-order valence-electron chi connectivity index (χ3n) is 4.65. The quantitative estimate of drug-likeness (QED) is 0.858. The van der Waals surface area contributed by atoms with Crippen molar-refractivity contribution >= 4 is 5.97 Å². The molecule has 0 heterocycles. The predicted molar refractivity (Wildman–Crippen MR) is 101 cm³/mol. The molecule has 3 heteroatoms. The summed E-state index contributed by atoms with van der Waals surface area (Å²) in [6.07, 6.45) is 0. The molecule has 134 valence electrons. The molecule has 0 aliphatic rings. The van der Waals surface area contributed by atoms with Crippen LogP contribution in [-0.4, -0.2) is 16.2 Å². The second-order valence-corrected chi connectivity index (χ2v) is 8.67. The minimum Gasteiger partial charge on any atom is -0.479 e. The maximum Gasteiger partial charge on any atom is 0.345 e. The number of rotatable bonds is 3. The minimum atomic E-state index is -2.06. The largest absolute Gasteiger partial charge is 0.479 e. The van der Waals surface area contributed by atoms with Crippen LogP contribution in [0.2, 0.25) is 0 Å². The molecule has 0 amide bonds. The van der Waals surface area contributed by atoms with E-state index < -0.39 is 11.6 Å². The summed E-state index contributed by atoms with van der Waals surface area (Å²) in [7, 11) is 0. The van der Waals surface area contributed by atoms with Crippen LogP contribution in [0.3, 0.4) is 0 Å². The van der Waals surface area contributed by atoms with Crippen molar-refractivity contribution < 1.29 is 15.0 Å². The summed E-state index contributed by atoms with van der Waals surface area (Å²) < 4.78 is 0. The monoisotopic (exact) mass is 340 g/mol. The lowest BCUT2D eigenvalue weighted by Crippen LogP contribution is -2.37. The fourth-order valence-corrected chi connectivity index (χ4v) is 2.84. The van der Waals surface area contributed by atoms with Gasteiger partial charge in [-0.3, -0.25) is 0 Å². The number of aliphatic hydroxyl groups is 1. The lowest BCUT2D eigenvalue weighted by atomic mass is 9.81. The van der Waals surface area contributed by atoms with Gasteiger partial charge in [0, 0.05) is 0 Å². The average Bonchev–Trinajstić information content (AvgIpc) is 2.52. The predicted octanol–water partition coefficient (Wildman–Crippen LogP) is 4.60. The van der Waals surface area contributed by atoms with Crippen LogP contribution in [0.1, 0.15) is 63.8 Å². The number of carboxylic acid groups (broad SMARTS) is 1. The van der Waals surface area contributed by atoms with Crippen LogP contribution in [0.25, 0.3) is 0 Å². The number of aliphatic carboxylic acids is 1. The van der Waals surface area contributed by atoms with Crippen LogP contribution >= 0.6 is 0 Å². The number of hydrogen-bond acceptors (Lipinski definition) is 2. The van der Waals surface area contributed by atoms with E-state index >= 15 is 0 Å². The second kappa shape index (κ2) is 6.30. The first-order chi connectivity index (χ1) is 11.4. The molecule has 0 aromatic heterocycles. The van der Waals surface area contributed by atoms with Gasteiger partial charge in [-0.2, -0.15) is 0 Å². The Balaban J connectivity index is 2.50. The molecule has 2 N–H and O–H groups in total. The molecular formula is C22H28O3. The minimum absolute atomic E-state index is 0.0335. The summed E-state index contributed by atoms with van der Waals surface area (Å²) in [6, 6.07) is 14.3. The molecule has 0 fully saturated rings. The molecule has 0 aliphatic carbocycles. The molecule has 0 saturated carbocycles. The Labute approximate surface area is 150 Å². The molecule has 3 nitrogen and oxygen atoms in total. The first kappa shape index (κ1) is 19.2. The zero-order valence-corrected chi connectivity index (χ0v) is 15.9. The molecule has 2 aromatic rings. The van der Waals surface area contributed by atoms with E-state index in [1.165, 1.54) is 0 Å². The zero-order chi connectivity index (χ0) is 19.0. The molecule has 0 unspecified atom stereocenters. The molecule has 0 atom stereocenters. The SMILES string of the molecule is CC(C)(C)c1ccc(C(O)(C(=O)O)c2ccc(C(C)(C)C)cc2)cc1. The van der Waals surface area contributed by atoms with Crippen LogP contribution in [0.5, 0.6) is 0 Å². The van der Waals surface area contributed by atoms with Gasteiger partial charge in [-0.05, 0) is 33.1 Å². The summed E-state index contributed by atoms with van der Waals surface area (Å²) in [5.41, 5.74) is 0.766. The highest BCUT2D eigenvalue weighted by Gasteiger charge is 2.40. The molecule has 2 rings (SSSR count). The van der Waals surface area contributed by atoms with Gasteiger partial charge >= 0.3 is 5.97 Å². The first-order valence-electron chi connectivity index (χ1n) is 8.54. The molecule has 0 radical (unpaired) electrons. The normalized spacial score (nSPS) is 12.9. The van der Waals surface area contributed by atoms with E-state index in [2.05, 4.69) is 41.5 Å². The molecule has 0 aliphatic heterocycles. The van der Waals surface area contributed by atoms with Gasteiger partial charge < -0.3 is 10.2 Å². The maximum atomic E-state index is 11.9. The third kappa shape index (κ3) is 3.77. The van der Waals surface area contributed by atoms with Crippen LogP contribution in [0, 0.1) is 0 Å². The van der Waals surface area contributed by atoms with E-state index in [0.29, 0.717) is 11.1 Å². The molecule has 0 saturated heterocycles. The Bertz CT molecular complexity index is 684. The van der Waals surface area contributed by atoms with Gasteiger partial charge in [0.15, 0.2) is 0 Å². The fourth-order valence-electron chi connectivity index (χ4n) is 2.84. The van der Waals surface area contributed by atoms with Crippen molar-refractivity contribution in [2.45, 2.75) is 58.0 Å². The fraction of sp³-hybridized carbons (Fsp3) is 0.409. The van der Waals surface area contributed by atoms with Gasteiger partial charge in [0.25, 0.3) is 0 Å². The smallest absolute Gasteiger partial charge is 0.345 e. The maximum absolute atomic E-state index is 11.9. The van der Waals surface area contributed by atoms with E-state index in [4.69, 9.17) is 0 Å². The Morgan fingerprint density at radius 3 is 1.08 bits per heavy atom. The number of hydrogen-bond donors (Lipinski definition) is 2. The summed E-state index contributed by atoms with van der Waals surface area (Å²) in [4.78, 5) is 11.9. The van der Waals surface area contributed by atoms with E-state index in [-0.39, 0.29) is 10.8 Å².